The van der Waals surface area contributed by atoms with Crippen molar-refractivity contribution >= 4 is 35.0 Å². The lowest BCUT2D eigenvalue weighted by Crippen LogP contribution is -2.49. The van der Waals surface area contributed by atoms with Crippen molar-refractivity contribution < 1.29 is 28.1 Å². The van der Waals surface area contributed by atoms with Crippen LogP contribution in [0, 0.1) is 17.1 Å². The van der Waals surface area contributed by atoms with E-state index in [2.05, 4.69) is 16.4 Å². The zero-order chi connectivity index (χ0) is 31.3. The normalized spacial score (nSPS) is 16.8. The molecule has 0 bridgehead atoms. The summed E-state index contributed by atoms with van der Waals surface area (Å²) in [6, 6.07) is 16.9. The van der Waals surface area contributed by atoms with Crippen molar-refractivity contribution in [1.82, 2.24) is 9.55 Å². The number of carbonyl (C=O) groups is 1. The predicted molar refractivity (Wildman–Crippen MR) is 163 cm³/mol. The number of ether oxygens (including phenoxy) is 4. The van der Waals surface area contributed by atoms with E-state index < -0.39 is 29.5 Å². The average Bonchev–Trinajstić information content (AvgIpc) is 3.05. The molecule has 1 amide bonds. The lowest BCUT2D eigenvalue weighted by molar-refractivity contribution is -0.0692. The Hall–Kier alpha value is -5.02. The van der Waals surface area contributed by atoms with Crippen LogP contribution in [0.25, 0.3) is 17.5 Å². The van der Waals surface area contributed by atoms with Crippen LogP contribution in [0.15, 0.2) is 77.9 Å². The van der Waals surface area contributed by atoms with Crippen LogP contribution >= 0.6 is 11.6 Å². The smallest absolute Gasteiger partial charge is 0.267 e. The lowest BCUT2D eigenvalue weighted by atomic mass is 10.0. The van der Waals surface area contributed by atoms with Crippen LogP contribution in [0.5, 0.6) is 11.5 Å². The van der Waals surface area contributed by atoms with Gasteiger partial charge in [-0.3, -0.25) is 19.1 Å². The summed E-state index contributed by atoms with van der Waals surface area (Å²) in [5.41, 5.74) is -0.00619. The molecule has 3 heterocycles. The summed E-state index contributed by atoms with van der Waals surface area (Å²) < 4.78 is 38.9. The zero-order valence-corrected chi connectivity index (χ0v) is 24.5. The number of unbranched alkanes of at least 4 members (excludes halogenated alkanes) is 1. The number of pyridine rings is 2. The van der Waals surface area contributed by atoms with Crippen molar-refractivity contribution in [3.63, 3.8) is 0 Å². The fourth-order valence-corrected chi connectivity index (χ4v) is 5.28. The number of nitriles is 1. The molecule has 12 heteroatoms. The van der Waals surface area contributed by atoms with Crippen molar-refractivity contribution in [2.24, 2.45) is 0 Å². The van der Waals surface area contributed by atoms with Gasteiger partial charge in [0.25, 0.3) is 11.5 Å². The summed E-state index contributed by atoms with van der Waals surface area (Å²) in [6.45, 7) is 1.15. The molecular weight excluding hydrogens is 603 g/mol. The standard InChI is InChI=1S/C33H26ClFN4O6/c34-24-18-22(9-10-25(24)38-32(40)23-4-3-14-39(33(23)41)21-7-5-20(35)6-8-21)45-27-11-13-37-26-19-28(42-15-2-1-12-36)30-31(29(26)27)44-17-16-43-30/h3-11,13-14,18-19,28,30H,1-2,15-17H2,(H,38,40). The molecule has 6 rings (SSSR count). The monoisotopic (exact) mass is 628 g/mol. The molecule has 1 N–H and O–H groups in total. The maximum atomic E-state index is 13.4. The Morgan fingerprint density at radius 2 is 2.02 bits per heavy atom. The molecule has 0 saturated carbocycles. The molecule has 1 aliphatic carbocycles. The minimum atomic E-state index is -0.660. The van der Waals surface area contributed by atoms with Crippen LogP contribution in [0.2, 0.25) is 5.02 Å². The van der Waals surface area contributed by atoms with Gasteiger partial charge in [-0.25, -0.2) is 4.39 Å². The highest BCUT2D eigenvalue weighted by Crippen LogP contribution is 2.30. The molecular formula is C33H26ClFN4O6. The van der Waals surface area contributed by atoms with Gasteiger partial charge in [0.1, 0.15) is 47.5 Å². The topological polar surface area (TPSA) is 125 Å². The number of nitrogens with zero attached hydrogens (tertiary/aromatic N) is 3. The molecule has 2 unspecified atom stereocenters. The molecule has 4 aromatic rings. The van der Waals surface area contributed by atoms with Crippen molar-refractivity contribution in [1.29, 1.82) is 5.26 Å². The number of carbonyl (C=O) groups excluding carboxylic acids is 1. The van der Waals surface area contributed by atoms with Gasteiger partial charge in [0.2, 0.25) is 0 Å². The van der Waals surface area contributed by atoms with Crippen LogP contribution in [0.3, 0.4) is 0 Å². The number of benzene rings is 2. The Labute approximate surface area is 261 Å². The molecule has 1 fully saturated rings. The van der Waals surface area contributed by atoms with Gasteiger partial charge in [0.05, 0.1) is 34.0 Å². The van der Waals surface area contributed by atoms with Crippen LogP contribution in [0.4, 0.5) is 10.1 Å². The van der Waals surface area contributed by atoms with E-state index in [0.29, 0.717) is 66.2 Å². The van der Waals surface area contributed by atoms with Crippen LogP contribution in [0.1, 0.15) is 23.2 Å². The number of nitrogens with one attached hydrogen (secondary N) is 1. The molecule has 45 heavy (non-hydrogen) atoms. The molecule has 2 atom stereocenters. The summed E-state index contributed by atoms with van der Waals surface area (Å²) in [5, 5.41) is 12.9. The van der Waals surface area contributed by atoms with E-state index in [-0.39, 0.29) is 16.3 Å². The molecule has 2 aromatic carbocycles. The first-order valence-electron chi connectivity index (χ1n) is 14.1. The fraction of sp³-hybridized carbons (Fsp3) is 0.212. The first-order chi connectivity index (χ1) is 21.9. The van der Waals surface area contributed by atoms with Gasteiger partial charge in [0.15, 0.2) is 0 Å². The van der Waals surface area contributed by atoms with E-state index in [1.165, 1.54) is 41.1 Å². The van der Waals surface area contributed by atoms with Crippen molar-refractivity contribution in [2.75, 3.05) is 25.1 Å². The lowest BCUT2D eigenvalue weighted by Gasteiger charge is -2.33. The van der Waals surface area contributed by atoms with E-state index in [9.17, 15) is 14.0 Å². The third-order valence-corrected chi connectivity index (χ3v) is 7.47. The Balaban J connectivity index is 1.23. The second-order valence-electron chi connectivity index (χ2n) is 10.1. The highest BCUT2D eigenvalue weighted by molar-refractivity contribution is 6.34. The maximum absolute atomic E-state index is 13.4. The maximum Gasteiger partial charge on any atom is 0.267 e. The second-order valence-corrected chi connectivity index (χ2v) is 10.5. The number of anilines is 1. The van der Waals surface area contributed by atoms with E-state index in [1.807, 2.05) is 6.08 Å². The van der Waals surface area contributed by atoms with Gasteiger partial charge in [-0.1, -0.05) is 11.6 Å². The van der Waals surface area contributed by atoms with E-state index >= 15 is 0 Å². The highest BCUT2D eigenvalue weighted by atomic mass is 35.5. The Morgan fingerprint density at radius 1 is 1.18 bits per heavy atom. The number of hydrogen-bond donors (Lipinski definition) is 1. The number of fused-ring (bicyclic) bond motifs is 2. The largest absolute Gasteiger partial charge is 0.492 e. The summed E-state index contributed by atoms with van der Waals surface area (Å²) >= 11 is 6.53. The van der Waals surface area contributed by atoms with Gasteiger partial charge in [0, 0.05) is 37.2 Å². The Kier molecular flexibility index (Phi) is 8.89. The molecule has 1 aliphatic heterocycles. The Morgan fingerprint density at radius 3 is 2.82 bits per heavy atom. The average molecular weight is 629 g/mol. The molecule has 0 spiro atoms. The van der Waals surface area contributed by atoms with Crippen molar-refractivity contribution in [3.8, 4) is 23.3 Å². The first-order valence-corrected chi connectivity index (χ1v) is 14.5. The molecule has 2 aromatic heterocycles. The van der Waals surface area contributed by atoms with Gasteiger partial charge in [-0.15, -0.1) is 0 Å². The quantitative estimate of drug-likeness (QED) is 0.275. The summed E-state index contributed by atoms with van der Waals surface area (Å²) in [5.74, 6) is 0.298. The van der Waals surface area contributed by atoms with Gasteiger partial charge >= 0.3 is 0 Å². The van der Waals surface area contributed by atoms with Gasteiger partial charge < -0.3 is 24.3 Å². The zero-order valence-electron chi connectivity index (χ0n) is 23.7. The van der Waals surface area contributed by atoms with E-state index in [4.69, 9.17) is 35.8 Å². The van der Waals surface area contributed by atoms with E-state index in [0.717, 1.165) is 0 Å². The molecule has 2 aliphatic rings. The first kappa shape index (κ1) is 30.0. The fourth-order valence-electron chi connectivity index (χ4n) is 5.06. The second kappa shape index (κ2) is 13.3. The van der Waals surface area contributed by atoms with E-state index in [1.54, 1.807) is 36.5 Å². The van der Waals surface area contributed by atoms with Crippen LogP contribution < -0.4 is 26.2 Å². The van der Waals surface area contributed by atoms with Gasteiger partial charge in [-0.2, -0.15) is 5.26 Å². The third kappa shape index (κ3) is 6.44. The molecule has 0 radical (unpaired) electrons. The van der Waals surface area contributed by atoms with Crippen molar-refractivity contribution in [2.45, 2.75) is 25.0 Å². The van der Waals surface area contributed by atoms with Gasteiger partial charge in [-0.05, 0) is 67.1 Å². The SMILES string of the molecule is N#CCCCOC1C=c2nccc(Oc3ccc(NC(=O)c4cccn(-c5ccc(F)cc5)c4=O)c(Cl)c3)c2=C2OCCOC21. The molecule has 1 saturated heterocycles. The summed E-state index contributed by atoms with van der Waals surface area (Å²) in [4.78, 5) is 30.6. The number of hydrogen-bond acceptors (Lipinski definition) is 8. The summed E-state index contributed by atoms with van der Waals surface area (Å²) in [7, 11) is 0. The minimum Gasteiger partial charge on any atom is -0.492 e. The molecule has 10 nitrogen and oxygen atoms in total. The van der Waals surface area contributed by atoms with Crippen LogP contribution in [-0.4, -0.2) is 47.5 Å². The summed E-state index contributed by atoms with van der Waals surface area (Å²) in [6.07, 6.45) is 5.03. The third-order valence-electron chi connectivity index (χ3n) is 7.16. The molecule has 228 valence electrons. The van der Waals surface area contributed by atoms with Crippen molar-refractivity contribution in [3.05, 3.63) is 110 Å². The highest BCUT2D eigenvalue weighted by Gasteiger charge is 2.34. The number of aromatic nitrogens is 2. The number of rotatable bonds is 9. The predicted octanol–water partition coefficient (Wildman–Crippen LogP) is 4.08. The van der Waals surface area contributed by atoms with Crippen LogP contribution in [-0.2, 0) is 14.2 Å². The number of halogens is 2. The number of amides is 1. The minimum absolute atomic E-state index is 0.119. The Bertz CT molecular complexity index is 1980.